The summed E-state index contributed by atoms with van der Waals surface area (Å²) in [5.74, 6) is 1.43. The molecule has 5 heteroatoms. The highest BCUT2D eigenvalue weighted by Crippen LogP contribution is 2.25. The Kier molecular flexibility index (Phi) is 5.28. The first-order chi connectivity index (χ1) is 11.7. The minimum Gasteiger partial charge on any atom is -0.366 e. The number of hydrogen-bond donors (Lipinski definition) is 1. The fourth-order valence-corrected chi connectivity index (χ4v) is 3.26. The molecule has 128 valence electrons. The highest BCUT2D eigenvalue weighted by Gasteiger charge is 2.23. The molecule has 24 heavy (non-hydrogen) atoms. The summed E-state index contributed by atoms with van der Waals surface area (Å²) in [6.45, 7) is 5.87. The normalized spacial score (nSPS) is 17.8. The summed E-state index contributed by atoms with van der Waals surface area (Å²) in [7, 11) is 0. The molecule has 0 amide bonds. The monoisotopic (exact) mass is 328 g/mol. The Hall–Kier alpha value is -2.17. The van der Waals surface area contributed by atoms with Crippen LogP contribution in [-0.4, -0.2) is 22.6 Å². The zero-order chi connectivity index (χ0) is 16.9. The lowest BCUT2D eigenvalue weighted by atomic mass is 10.0. The first-order valence-corrected chi connectivity index (χ1v) is 8.76. The fourth-order valence-electron chi connectivity index (χ4n) is 3.26. The number of piperidine rings is 1. The van der Waals surface area contributed by atoms with Crippen molar-refractivity contribution < 1.29 is 4.39 Å². The third kappa shape index (κ3) is 4.02. The first kappa shape index (κ1) is 16.7. The van der Waals surface area contributed by atoms with Gasteiger partial charge in [-0.05, 0) is 50.3 Å². The lowest BCUT2D eigenvalue weighted by Gasteiger charge is -2.35. The molecule has 2 aromatic rings. The molecule has 1 atom stereocenters. The van der Waals surface area contributed by atoms with Crippen LogP contribution in [0.15, 0.2) is 30.3 Å². The van der Waals surface area contributed by atoms with Crippen molar-refractivity contribution in [3.63, 3.8) is 0 Å². The SMILES string of the molecule is CCC1CCCCN1c1nc(C)cc(NCc2ccc(F)cc2)n1. The van der Waals surface area contributed by atoms with Crippen molar-refractivity contribution in [3.05, 3.63) is 47.4 Å². The number of anilines is 2. The van der Waals surface area contributed by atoms with E-state index in [1.807, 2.05) is 13.0 Å². The van der Waals surface area contributed by atoms with Crippen LogP contribution in [0.1, 0.15) is 43.9 Å². The Morgan fingerprint density at radius 3 is 2.75 bits per heavy atom. The summed E-state index contributed by atoms with van der Waals surface area (Å²) >= 11 is 0. The number of halogens is 1. The van der Waals surface area contributed by atoms with Crippen LogP contribution in [0.25, 0.3) is 0 Å². The van der Waals surface area contributed by atoms with E-state index in [1.165, 1.54) is 31.4 Å². The van der Waals surface area contributed by atoms with Crippen LogP contribution >= 0.6 is 0 Å². The Labute approximate surface area is 143 Å². The van der Waals surface area contributed by atoms with Crippen LogP contribution in [0.3, 0.4) is 0 Å². The van der Waals surface area contributed by atoms with Gasteiger partial charge in [-0.3, -0.25) is 0 Å². The van der Waals surface area contributed by atoms with Gasteiger partial charge in [0.05, 0.1) is 0 Å². The van der Waals surface area contributed by atoms with Crippen molar-refractivity contribution in [3.8, 4) is 0 Å². The maximum Gasteiger partial charge on any atom is 0.227 e. The Morgan fingerprint density at radius 2 is 2.00 bits per heavy atom. The molecule has 4 nitrogen and oxygen atoms in total. The second-order valence-electron chi connectivity index (χ2n) is 6.43. The maximum atomic E-state index is 13.0. The molecule has 0 saturated carbocycles. The summed E-state index contributed by atoms with van der Waals surface area (Å²) in [6.07, 6.45) is 4.82. The summed E-state index contributed by atoms with van der Waals surface area (Å²) < 4.78 is 13.0. The third-order valence-corrected chi connectivity index (χ3v) is 4.58. The molecule has 0 radical (unpaired) electrons. The smallest absolute Gasteiger partial charge is 0.227 e. The van der Waals surface area contributed by atoms with Crippen molar-refractivity contribution in [2.75, 3.05) is 16.8 Å². The number of nitrogens with one attached hydrogen (secondary N) is 1. The summed E-state index contributed by atoms with van der Waals surface area (Å²) in [6, 6.07) is 9.02. The van der Waals surface area contributed by atoms with Gasteiger partial charge < -0.3 is 10.2 Å². The molecular weight excluding hydrogens is 303 g/mol. The van der Waals surface area contributed by atoms with E-state index in [-0.39, 0.29) is 5.82 Å². The lowest BCUT2D eigenvalue weighted by Crippen LogP contribution is -2.40. The van der Waals surface area contributed by atoms with Gasteiger partial charge in [-0.2, -0.15) is 4.98 Å². The number of hydrogen-bond acceptors (Lipinski definition) is 4. The number of benzene rings is 1. The molecule has 0 bridgehead atoms. The molecule has 0 spiro atoms. The Bertz CT molecular complexity index is 672. The third-order valence-electron chi connectivity index (χ3n) is 4.58. The largest absolute Gasteiger partial charge is 0.366 e. The molecule has 1 saturated heterocycles. The molecule has 1 aliphatic rings. The van der Waals surface area contributed by atoms with Gasteiger partial charge in [-0.1, -0.05) is 19.1 Å². The molecule has 3 rings (SSSR count). The number of nitrogens with zero attached hydrogens (tertiary/aromatic N) is 3. The number of aryl methyl sites for hydroxylation is 1. The molecule has 2 heterocycles. The number of aromatic nitrogens is 2. The molecule has 1 N–H and O–H groups in total. The van der Waals surface area contributed by atoms with E-state index in [0.717, 1.165) is 36.0 Å². The van der Waals surface area contributed by atoms with Crippen LogP contribution in [0.5, 0.6) is 0 Å². The van der Waals surface area contributed by atoms with E-state index >= 15 is 0 Å². The van der Waals surface area contributed by atoms with E-state index in [4.69, 9.17) is 4.98 Å². The summed E-state index contributed by atoms with van der Waals surface area (Å²) in [5, 5.41) is 3.33. The van der Waals surface area contributed by atoms with Crippen LogP contribution in [0.4, 0.5) is 16.2 Å². The van der Waals surface area contributed by atoms with Gasteiger partial charge in [0.15, 0.2) is 0 Å². The molecule has 1 aromatic carbocycles. The second kappa shape index (κ2) is 7.60. The van der Waals surface area contributed by atoms with Crippen molar-refractivity contribution in [2.24, 2.45) is 0 Å². The predicted octanol–water partition coefficient (Wildman–Crippen LogP) is 4.31. The molecular formula is C19H25FN4. The molecule has 1 aromatic heterocycles. The standard InChI is InChI=1S/C19H25FN4/c1-3-17-6-4-5-11-24(17)19-22-14(2)12-18(23-19)21-13-15-7-9-16(20)10-8-15/h7-10,12,17H,3-6,11,13H2,1-2H3,(H,21,22,23). The average Bonchev–Trinajstić information content (AvgIpc) is 2.61. The Morgan fingerprint density at radius 1 is 1.21 bits per heavy atom. The molecule has 1 unspecified atom stereocenters. The molecule has 0 aliphatic carbocycles. The van der Waals surface area contributed by atoms with Crippen LogP contribution in [0.2, 0.25) is 0 Å². The minimum atomic E-state index is -0.213. The lowest BCUT2D eigenvalue weighted by molar-refractivity contribution is 0.443. The first-order valence-electron chi connectivity index (χ1n) is 8.76. The molecule has 1 fully saturated rings. The van der Waals surface area contributed by atoms with Gasteiger partial charge in [0.25, 0.3) is 0 Å². The molecule has 1 aliphatic heterocycles. The van der Waals surface area contributed by atoms with E-state index in [0.29, 0.717) is 12.6 Å². The van der Waals surface area contributed by atoms with Crippen molar-refractivity contribution in [2.45, 2.75) is 52.1 Å². The fraction of sp³-hybridized carbons (Fsp3) is 0.474. The van der Waals surface area contributed by atoms with Crippen LogP contribution < -0.4 is 10.2 Å². The zero-order valence-electron chi connectivity index (χ0n) is 14.4. The van der Waals surface area contributed by atoms with Crippen LogP contribution in [0, 0.1) is 12.7 Å². The van der Waals surface area contributed by atoms with E-state index < -0.39 is 0 Å². The topological polar surface area (TPSA) is 41.1 Å². The van der Waals surface area contributed by atoms with Gasteiger partial charge in [-0.15, -0.1) is 0 Å². The van der Waals surface area contributed by atoms with Gasteiger partial charge in [-0.25, -0.2) is 9.37 Å². The second-order valence-corrected chi connectivity index (χ2v) is 6.43. The minimum absolute atomic E-state index is 0.213. The highest BCUT2D eigenvalue weighted by molar-refractivity contribution is 5.45. The van der Waals surface area contributed by atoms with E-state index in [1.54, 1.807) is 12.1 Å². The summed E-state index contributed by atoms with van der Waals surface area (Å²) in [4.78, 5) is 11.7. The van der Waals surface area contributed by atoms with Crippen molar-refractivity contribution in [1.29, 1.82) is 0 Å². The van der Waals surface area contributed by atoms with Gasteiger partial charge in [0.2, 0.25) is 5.95 Å². The number of rotatable bonds is 5. The maximum absolute atomic E-state index is 13.0. The Balaban J connectivity index is 1.74. The van der Waals surface area contributed by atoms with Crippen molar-refractivity contribution >= 4 is 11.8 Å². The van der Waals surface area contributed by atoms with Gasteiger partial charge in [0, 0.05) is 30.9 Å². The predicted molar refractivity (Wildman–Crippen MR) is 95.8 cm³/mol. The van der Waals surface area contributed by atoms with E-state index in [2.05, 4.69) is 22.1 Å². The van der Waals surface area contributed by atoms with Gasteiger partial charge >= 0.3 is 0 Å². The van der Waals surface area contributed by atoms with Crippen LogP contribution in [-0.2, 0) is 6.54 Å². The highest BCUT2D eigenvalue weighted by atomic mass is 19.1. The average molecular weight is 328 g/mol. The zero-order valence-corrected chi connectivity index (χ0v) is 14.4. The van der Waals surface area contributed by atoms with Gasteiger partial charge in [0.1, 0.15) is 11.6 Å². The quantitative estimate of drug-likeness (QED) is 0.888. The van der Waals surface area contributed by atoms with E-state index in [9.17, 15) is 4.39 Å². The summed E-state index contributed by atoms with van der Waals surface area (Å²) in [5.41, 5.74) is 1.99. The van der Waals surface area contributed by atoms with Crippen molar-refractivity contribution in [1.82, 2.24) is 9.97 Å².